The van der Waals surface area contributed by atoms with E-state index in [0.29, 0.717) is 16.4 Å². The van der Waals surface area contributed by atoms with Crippen molar-refractivity contribution in [2.24, 2.45) is 0 Å². The fourth-order valence-electron chi connectivity index (χ4n) is 1.67. The van der Waals surface area contributed by atoms with Gasteiger partial charge in [0.2, 0.25) is 0 Å². The van der Waals surface area contributed by atoms with Gasteiger partial charge in [0.1, 0.15) is 5.41 Å². The molecule has 0 fully saturated rings. The summed E-state index contributed by atoms with van der Waals surface area (Å²) in [5.74, 6) is -0.915. The molecule has 1 aromatic heterocycles. The molecule has 1 heterocycles. The minimum atomic E-state index is -1.03. The van der Waals surface area contributed by atoms with Crippen LogP contribution in [0.15, 0.2) is 23.6 Å². The van der Waals surface area contributed by atoms with Crippen LogP contribution in [0.5, 0.6) is 0 Å². The molecule has 0 amide bonds. The van der Waals surface area contributed by atoms with Gasteiger partial charge in [-0.25, -0.2) is 4.98 Å². The fraction of sp³-hybridized carbons (Fsp3) is 0.267. The number of rotatable bonds is 4. The number of hydrogen-bond acceptors (Lipinski definition) is 5. The highest BCUT2D eigenvalue weighted by atomic mass is 32.1. The number of aryl methyl sites for hydroxylation is 1. The summed E-state index contributed by atoms with van der Waals surface area (Å²) in [7, 11) is 0. The molecule has 0 saturated heterocycles. The summed E-state index contributed by atoms with van der Waals surface area (Å²) in [6, 6.07) is 7.45. The highest BCUT2D eigenvalue weighted by Crippen LogP contribution is 2.30. The molecule has 0 unspecified atom stereocenters. The van der Waals surface area contributed by atoms with Gasteiger partial charge in [0.25, 0.3) is 0 Å². The third kappa shape index (κ3) is 3.03. The molecular weight excluding hydrogens is 286 g/mol. The number of hydrogen-bond donors (Lipinski definition) is 2. The number of carbonyl (C=O) groups is 1. The van der Waals surface area contributed by atoms with Gasteiger partial charge in [-0.3, -0.25) is 4.79 Å². The zero-order valence-electron chi connectivity index (χ0n) is 12.0. The number of anilines is 2. The lowest BCUT2D eigenvalue weighted by Crippen LogP contribution is -2.28. The maximum Gasteiger partial charge on any atom is 0.315 e. The standard InChI is InChI=1S/C15H15N3O2S/c1-9-4-5-10(7-16)6-11(9)17-14-18-12(8-21-14)15(2,3)13(19)20/h4-6,8H,1-3H3,(H,17,18)(H,19,20). The Morgan fingerprint density at radius 3 is 2.81 bits per heavy atom. The van der Waals surface area contributed by atoms with Crippen molar-refractivity contribution in [1.29, 1.82) is 5.26 Å². The van der Waals surface area contributed by atoms with Crippen LogP contribution in [0, 0.1) is 18.3 Å². The number of benzene rings is 1. The second-order valence-electron chi connectivity index (χ2n) is 5.23. The zero-order valence-corrected chi connectivity index (χ0v) is 12.8. The van der Waals surface area contributed by atoms with Crippen molar-refractivity contribution >= 4 is 28.1 Å². The van der Waals surface area contributed by atoms with E-state index < -0.39 is 11.4 Å². The van der Waals surface area contributed by atoms with E-state index in [1.165, 1.54) is 11.3 Å². The monoisotopic (exact) mass is 301 g/mol. The highest BCUT2D eigenvalue weighted by molar-refractivity contribution is 7.13. The third-order valence-corrected chi connectivity index (χ3v) is 4.05. The normalized spacial score (nSPS) is 11.0. The molecule has 0 aliphatic carbocycles. The first-order chi connectivity index (χ1) is 9.84. The summed E-state index contributed by atoms with van der Waals surface area (Å²) in [5, 5.41) is 23.6. The van der Waals surface area contributed by atoms with Crippen molar-refractivity contribution in [1.82, 2.24) is 4.98 Å². The molecule has 0 bridgehead atoms. The van der Waals surface area contributed by atoms with Gasteiger partial charge in [-0.05, 0) is 38.5 Å². The van der Waals surface area contributed by atoms with Gasteiger partial charge in [-0.2, -0.15) is 5.26 Å². The Labute approximate surface area is 126 Å². The molecule has 2 rings (SSSR count). The van der Waals surface area contributed by atoms with E-state index in [2.05, 4.69) is 16.4 Å². The largest absolute Gasteiger partial charge is 0.481 e. The predicted molar refractivity (Wildman–Crippen MR) is 82.0 cm³/mol. The van der Waals surface area contributed by atoms with E-state index in [4.69, 9.17) is 5.26 Å². The van der Waals surface area contributed by atoms with Crippen LogP contribution in [0.2, 0.25) is 0 Å². The quantitative estimate of drug-likeness (QED) is 0.903. The summed E-state index contributed by atoms with van der Waals surface area (Å²) in [6.45, 7) is 5.17. The second-order valence-corrected chi connectivity index (χ2v) is 6.09. The lowest BCUT2D eigenvalue weighted by Gasteiger charge is -2.15. The SMILES string of the molecule is Cc1ccc(C#N)cc1Nc1nc(C(C)(C)C(=O)O)cs1. The first-order valence-corrected chi connectivity index (χ1v) is 7.19. The lowest BCUT2D eigenvalue weighted by molar-refractivity contribution is -0.142. The van der Waals surface area contributed by atoms with E-state index in [-0.39, 0.29) is 0 Å². The average Bonchev–Trinajstić information content (AvgIpc) is 2.90. The molecule has 2 aromatic rings. The molecule has 0 saturated carbocycles. The number of carboxylic acids is 1. The van der Waals surface area contributed by atoms with Crippen molar-refractivity contribution in [3.05, 3.63) is 40.4 Å². The van der Waals surface area contributed by atoms with Crippen molar-refractivity contribution in [3.63, 3.8) is 0 Å². The first kappa shape index (κ1) is 15.0. The summed E-state index contributed by atoms with van der Waals surface area (Å²) in [6.07, 6.45) is 0. The van der Waals surface area contributed by atoms with Gasteiger partial charge >= 0.3 is 5.97 Å². The zero-order chi connectivity index (χ0) is 15.6. The topological polar surface area (TPSA) is 86.0 Å². The average molecular weight is 301 g/mol. The smallest absolute Gasteiger partial charge is 0.315 e. The van der Waals surface area contributed by atoms with Crippen LogP contribution in [0.1, 0.15) is 30.7 Å². The van der Waals surface area contributed by atoms with Crippen LogP contribution in [0.25, 0.3) is 0 Å². The Hall–Kier alpha value is -2.39. The summed E-state index contributed by atoms with van der Waals surface area (Å²) in [4.78, 5) is 15.6. The minimum Gasteiger partial charge on any atom is -0.481 e. The fourth-order valence-corrected chi connectivity index (χ4v) is 2.56. The molecule has 0 spiro atoms. The Morgan fingerprint density at radius 2 is 2.19 bits per heavy atom. The van der Waals surface area contributed by atoms with Crippen molar-refractivity contribution < 1.29 is 9.90 Å². The summed E-state index contributed by atoms with van der Waals surface area (Å²) in [5.41, 5.74) is 1.83. The summed E-state index contributed by atoms with van der Waals surface area (Å²) < 4.78 is 0. The number of nitrogens with zero attached hydrogens (tertiary/aromatic N) is 2. The molecule has 2 N–H and O–H groups in total. The molecule has 108 valence electrons. The Balaban J connectivity index is 2.28. The Morgan fingerprint density at radius 1 is 1.48 bits per heavy atom. The molecule has 0 atom stereocenters. The maximum absolute atomic E-state index is 11.2. The predicted octanol–water partition coefficient (Wildman–Crippen LogP) is 3.43. The van der Waals surface area contributed by atoms with E-state index >= 15 is 0 Å². The number of nitriles is 1. The lowest BCUT2D eigenvalue weighted by atomic mass is 9.90. The van der Waals surface area contributed by atoms with E-state index in [1.54, 1.807) is 31.4 Å². The highest BCUT2D eigenvalue weighted by Gasteiger charge is 2.32. The molecule has 0 aliphatic heterocycles. The Bertz CT molecular complexity index is 729. The van der Waals surface area contributed by atoms with Crippen LogP contribution in [0.3, 0.4) is 0 Å². The number of carboxylic acid groups (broad SMARTS) is 1. The van der Waals surface area contributed by atoms with E-state index in [9.17, 15) is 9.90 Å². The number of thiazole rings is 1. The van der Waals surface area contributed by atoms with Gasteiger partial charge in [0.05, 0.1) is 17.3 Å². The number of aromatic nitrogens is 1. The third-order valence-electron chi connectivity index (χ3n) is 3.29. The van der Waals surface area contributed by atoms with Gasteiger partial charge < -0.3 is 10.4 Å². The van der Waals surface area contributed by atoms with Crippen LogP contribution in [0.4, 0.5) is 10.8 Å². The molecule has 0 aliphatic rings. The van der Waals surface area contributed by atoms with Crippen LogP contribution >= 0.6 is 11.3 Å². The molecule has 0 radical (unpaired) electrons. The first-order valence-electron chi connectivity index (χ1n) is 6.32. The number of aliphatic carboxylic acids is 1. The second kappa shape index (κ2) is 5.54. The van der Waals surface area contributed by atoms with Crippen LogP contribution < -0.4 is 5.32 Å². The van der Waals surface area contributed by atoms with Crippen LogP contribution in [-0.2, 0) is 10.2 Å². The van der Waals surface area contributed by atoms with Crippen molar-refractivity contribution in [2.45, 2.75) is 26.2 Å². The molecule has 21 heavy (non-hydrogen) atoms. The van der Waals surface area contributed by atoms with Crippen LogP contribution in [-0.4, -0.2) is 16.1 Å². The maximum atomic E-state index is 11.2. The van der Waals surface area contributed by atoms with Gasteiger partial charge in [-0.15, -0.1) is 11.3 Å². The summed E-state index contributed by atoms with van der Waals surface area (Å²) >= 11 is 1.34. The van der Waals surface area contributed by atoms with Gasteiger partial charge in [0.15, 0.2) is 5.13 Å². The van der Waals surface area contributed by atoms with Crippen molar-refractivity contribution in [2.75, 3.05) is 5.32 Å². The molecular formula is C15H15N3O2S. The minimum absolute atomic E-state index is 0.511. The van der Waals surface area contributed by atoms with Gasteiger partial charge in [0, 0.05) is 11.1 Å². The molecule has 6 heteroatoms. The molecule has 1 aromatic carbocycles. The van der Waals surface area contributed by atoms with E-state index in [0.717, 1.165) is 11.3 Å². The molecule has 5 nitrogen and oxygen atoms in total. The van der Waals surface area contributed by atoms with E-state index in [1.807, 2.05) is 13.0 Å². The van der Waals surface area contributed by atoms with Gasteiger partial charge in [-0.1, -0.05) is 6.07 Å². The Kier molecular flexibility index (Phi) is 3.96. The number of nitrogens with one attached hydrogen (secondary N) is 1. The van der Waals surface area contributed by atoms with Crippen molar-refractivity contribution in [3.8, 4) is 6.07 Å².